The Morgan fingerprint density at radius 1 is 1.60 bits per heavy atom. The second-order valence-electron chi connectivity index (χ2n) is 1.96. The Hall–Kier alpha value is -0.900. The number of aliphatic imine (C=N–C) groups is 1. The van der Waals surface area contributed by atoms with Gasteiger partial charge in [-0.05, 0) is 11.5 Å². The highest BCUT2D eigenvalue weighted by Gasteiger charge is 2.06. The van der Waals surface area contributed by atoms with Gasteiger partial charge in [0.25, 0.3) is 0 Å². The minimum absolute atomic E-state index is 0.646. The van der Waals surface area contributed by atoms with Crippen molar-refractivity contribution in [1.29, 1.82) is 0 Å². The topological polar surface area (TPSA) is 34.5 Å². The molecule has 0 fully saturated rings. The van der Waals surface area contributed by atoms with E-state index in [1.54, 1.807) is 0 Å². The predicted molar refractivity (Wildman–Crippen MR) is 40.1 cm³/mol. The molecule has 0 atom stereocenters. The van der Waals surface area contributed by atoms with E-state index in [1.807, 2.05) is 11.6 Å². The van der Waals surface area contributed by atoms with Crippen LogP contribution in [-0.2, 0) is 0 Å². The van der Waals surface area contributed by atoms with Gasteiger partial charge in [0.2, 0.25) is 5.88 Å². The normalized spacial score (nSPS) is 15.6. The van der Waals surface area contributed by atoms with Crippen LogP contribution in [0.25, 0.3) is 0 Å². The van der Waals surface area contributed by atoms with Crippen LogP contribution in [0.5, 0.6) is 5.88 Å². The van der Waals surface area contributed by atoms with Crippen molar-refractivity contribution < 1.29 is 4.74 Å². The summed E-state index contributed by atoms with van der Waals surface area (Å²) in [5.41, 5.74) is 1.00. The van der Waals surface area contributed by atoms with Crippen molar-refractivity contribution in [3.05, 3.63) is 10.9 Å². The third-order valence-corrected chi connectivity index (χ3v) is 1.88. The lowest BCUT2D eigenvalue weighted by Gasteiger charge is -1.95. The van der Waals surface area contributed by atoms with E-state index in [-0.39, 0.29) is 0 Å². The van der Waals surface area contributed by atoms with Crippen molar-refractivity contribution in [2.75, 3.05) is 13.2 Å². The standard InChI is InChI=1S/C6H6N2OS/c1-2-9-6-5(3-7-1)4-10-8-6/h3-4H,1-2H2. The number of hydrogen-bond donors (Lipinski definition) is 0. The van der Waals surface area contributed by atoms with Crippen LogP contribution >= 0.6 is 11.5 Å². The molecule has 10 heavy (non-hydrogen) atoms. The predicted octanol–water partition coefficient (Wildman–Crippen LogP) is 0.954. The number of aromatic nitrogens is 1. The van der Waals surface area contributed by atoms with Crippen molar-refractivity contribution in [3.63, 3.8) is 0 Å². The molecule has 52 valence electrons. The van der Waals surface area contributed by atoms with Gasteiger partial charge in [-0.2, -0.15) is 4.37 Å². The molecule has 0 spiro atoms. The highest BCUT2D eigenvalue weighted by molar-refractivity contribution is 7.04. The first-order valence-electron chi connectivity index (χ1n) is 3.04. The fourth-order valence-electron chi connectivity index (χ4n) is 0.787. The molecule has 0 saturated heterocycles. The van der Waals surface area contributed by atoms with Crippen LogP contribution in [0.4, 0.5) is 0 Å². The summed E-state index contributed by atoms with van der Waals surface area (Å²) >= 11 is 1.40. The summed E-state index contributed by atoms with van der Waals surface area (Å²) in [6.45, 7) is 1.38. The fourth-order valence-corrected chi connectivity index (χ4v) is 1.37. The third-order valence-electron chi connectivity index (χ3n) is 1.25. The Labute approximate surface area is 62.5 Å². The molecule has 1 aromatic rings. The van der Waals surface area contributed by atoms with Crippen LogP contribution in [0.3, 0.4) is 0 Å². The summed E-state index contributed by atoms with van der Waals surface area (Å²) in [5, 5.41) is 1.93. The van der Waals surface area contributed by atoms with E-state index in [1.165, 1.54) is 11.5 Å². The van der Waals surface area contributed by atoms with Crippen LogP contribution in [0.2, 0.25) is 0 Å². The van der Waals surface area contributed by atoms with Crippen molar-refractivity contribution in [1.82, 2.24) is 4.37 Å². The van der Waals surface area contributed by atoms with E-state index in [2.05, 4.69) is 9.37 Å². The van der Waals surface area contributed by atoms with E-state index >= 15 is 0 Å². The summed E-state index contributed by atoms with van der Waals surface area (Å²) < 4.78 is 9.31. The van der Waals surface area contributed by atoms with Gasteiger partial charge < -0.3 is 4.74 Å². The highest BCUT2D eigenvalue weighted by atomic mass is 32.1. The Balaban J connectivity index is 2.42. The van der Waals surface area contributed by atoms with Crippen LogP contribution in [0.1, 0.15) is 5.56 Å². The molecule has 0 bridgehead atoms. The largest absolute Gasteiger partial charge is 0.475 e. The lowest BCUT2D eigenvalue weighted by molar-refractivity contribution is 0.322. The number of nitrogens with zero attached hydrogens (tertiary/aromatic N) is 2. The summed E-state index contributed by atoms with van der Waals surface area (Å²) in [6, 6.07) is 0. The second-order valence-corrected chi connectivity index (χ2v) is 2.59. The van der Waals surface area contributed by atoms with Gasteiger partial charge in [0, 0.05) is 11.6 Å². The van der Waals surface area contributed by atoms with Gasteiger partial charge in [-0.25, -0.2) is 0 Å². The second kappa shape index (κ2) is 2.38. The number of ether oxygens (including phenoxy) is 1. The Kier molecular flexibility index (Phi) is 1.39. The van der Waals surface area contributed by atoms with Crippen molar-refractivity contribution in [2.24, 2.45) is 4.99 Å². The van der Waals surface area contributed by atoms with Crippen molar-refractivity contribution in [2.45, 2.75) is 0 Å². The molecule has 3 nitrogen and oxygen atoms in total. The summed E-state index contributed by atoms with van der Waals surface area (Å²) in [4.78, 5) is 4.10. The van der Waals surface area contributed by atoms with E-state index in [0.717, 1.165) is 18.0 Å². The molecule has 0 N–H and O–H groups in total. The van der Waals surface area contributed by atoms with E-state index in [9.17, 15) is 0 Å². The lowest BCUT2D eigenvalue weighted by Crippen LogP contribution is -1.98. The molecular weight excluding hydrogens is 148 g/mol. The summed E-state index contributed by atoms with van der Waals surface area (Å²) in [6.07, 6.45) is 1.81. The number of fused-ring (bicyclic) bond motifs is 1. The van der Waals surface area contributed by atoms with Crippen molar-refractivity contribution >= 4 is 17.7 Å². The Morgan fingerprint density at radius 3 is 3.60 bits per heavy atom. The van der Waals surface area contributed by atoms with Gasteiger partial charge in [0.05, 0.1) is 12.1 Å². The van der Waals surface area contributed by atoms with Crippen LogP contribution < -0.4 is 4.74 Å². The minimum atomic E-state index is 0.646. The van der Waals surface area contributed by atoms with Gasteiger partial charge in [-0.1, -0.05) is 0 Å². The number of rotatable bonds is 0. The van der Waals surface area contributed by atoms with E-state index < -0.39 is 0 Å². The van der Waals surface area contributed by atoms with Gasteiger partial charge in [-0.15, -0.1) is 0 Å². The zero-order valence-corrected chi connectivity index (χ0v) is 6.10. The molecule has 0 aromatic carbocycles. The van der Waals surface area contributed by atoms with Gasteiger partial charge >= 0.3 is 0 Å². The molecule has 0 amide bonds. The maximum Gasteiger partial charge on any atom is 0.234 e. The Bertz CT molecular complexity index is 256. The summed E-state index contributed by atoms with van der Waals surface area (Å²) in [5.74, 6) is 0.728. The zero-order valence-electron chi connectivity index (χ0n) is 5.28. The first-order chi connectivity index (χ1) is 4.97. The SMILES string of the molecule is C1=NCCOc2nscc21. The maximum atomic E-state index is 5.26. The molecule has 0 saturated carbocycles. The maximum absolute atomic E-state index is 5.26. The highest BCUT2D eigenvalue weighted by Crippen LogP contribution is 2.17. The quantitative estimate of drug-likeness (QED) is 0.557. The molecule has 1 aliphatic heterocycles. The van der Waals surface area contributed by atoms with Gasteiger partial charge in [0.15, 0.2) is 0 Å². The van der Waals surface area contributed by atoms with E-state index in [0.29, 0.717) is 6.61 Å². The zero-order chi connectivity index (χ0) is 6.81. The fraction of sp³-hybridized carbons (Fsp3) is 0.333. The van der Waals surface area contributed by atoms with Crippen molar-refractivity contribution in [3.8, 4) is 5.88 Å². The first kappa shape index (κ1) is 5.85. The Morgan fingerprint density at radius 2 is 2.60 bits per heavy atom. The molecule has 1 aromatic heterocycles. The van der Waals surface area contributed by atoms with Gasteiger partial charge in [-0.3, -0.25) is 4.99 Å². The lowest BCUT2D eigenvalue weighted by atomic mass is 10.4. The molecule has 2 rings (SSSR count). The molecule has 2 heterocycles. The molecule has 0 unspecified atom stereocenters. The molecular formula is C6H6N2OS. The minimum Gasteiger partial charge on any atom is -0.475 e. The van der Waals surface area contributed by atoms with Crippen LogP contribution in [-0.4, -0.2) is 23.7 Å². The third kappa shape index (κ3) is 0.903. The average molecular weight is 154 g/mol. The number of hydrogen-bond acceptors (Lipinski definition) is 4. The first-order valence-corrected chi connectivity index (χ1v) is 3.87. The monoisotopic (exact) mass is 154 g/mol. The van der Waals surface area contributed by atoms with Crippen LogP contribution in [0.15, 0.2) is 10.4 Å². The van der Waals surface area contributed by atoms with Crippen LogP contribution in [0, 0.1) is 0 Å². The summed E-state index contributed by atoms with van der Waals surface area (Å²) in [7, 11) is 0. The molecule has 0 radical (unpaired) electrons. The molecule has 4 heteroatoms. The van der Waals surface area contributed by atoms with Gasteiger partial charge in [0.1, 0.15) is 6.61 Å². The van der Waals surface area contributed by atoms with E-state index in [4.69, 9.17) is 4.74 Å². The smallest absolute Gasteiger partial charge is 0.234 e. The molecule has 1 aliphatic rings. The molecule has 0 aliphatic carbocycles. The average Bonchev–Trinajstić information content (AvgIpc) is 2.28.